The number of aromatic nitrogens is 1. The number of nitrogens with zero attached hydrogens (tertiary/aromatic N) is 1. The number of benzene rings is 1. The summed E-state index contributed by atoms with van der Waals surface area (Å²) in [6, 6.07) is 8.40. The Morgan fingerprint density at radius 2 is 1.89 bits per heavy atom. The molecule has 0 aliphatic rings. The van der Waals surface area contributed by atoms with E-state index in [2.05, 4.69) is 76.4 Å². The monoisotopic (exact) mass is 451 g/mol. The van der Waals surface area contributed by atoms with Crippen molar-refractivity contribution in [3.8, 4) is 0 Å². The van der Waals surface area contributed by atoms with Crippen molar-refractivity contribution >= 4 is 59.1 Å². The van der Waals surface area contributed by atoms with Gasteiger partial charge in [-0.1, -0.05) is 66.0 Å². The summed E-state index contributed by atoms with van der Waals surface area (Å²) in [5.74, 6) is 0. The maximum atomic E-state index is 4.41. The number of hydrogen-bond donors (Lipinski definition) is 0. The van der Waals surface area contributed by atoms with E-state index in [0.717, 1.165) is 27.2 Å². The minimum atomic E-state index is 0.0220. The molecule has 0 spiro atoms. The minimum Gasteiger partial charge on any atom is -0.250 e. The highest BCUT2D eigenvalue weighted by molar-refractivity contribution is 9.10. The van der Waals surface area contributed by atoms with E-state index in [-0.39, 0.29) is 5.41 Å². The molecule has 0 saturated carbocycles. The van der Waals surface area contributed by atoms with Crippen LogP contribution in [0.4, 0.5) is 0 Å². The number of hydrogen-bond acceptors (Lipinski definition) is 2. The third-order valence-electron chi connectivity index (χ3n) is 2.96. The molecule has 18 heavy (non-hydrogen) atoms. The molecule has 0 aliphatic heterocycles. The highest BCUT2D eigenvalue weighted by Crippen LogP contribution is 2.36. The minimum absolute atomic E-state index is 0.0220. The van der Waals surface area contributed by atoms with Gasteiger partial charge >= 0.3 is 0 Å². The SMILES string of the molecule is BrCC(CBr)(Cc1cscn1)c1ccccc1Br. The maximum absolute atomic E-state index is 4.41. The van der Waals surface area contributed by atoms with Crippen molar-refractivity contribution in [2.75, 3.05) is 10.7 Å². The summed E-state index contributed by atoms with van der Waals surface area (Å²) in [7, 11) is 0. The first-order valence-electron chi connectivity index (χ1n) is 5.46. The Morgan fingerprint density at radius 1 is 1.17 bits per heavy atom. The van der Waals surface area contributed by atoms with Crippen LogP contribution in [0.25, 0.3) is 0 Å². The van der Waals surface area contributed by atoms with Crippen LogP contribution in [0.5, 0.6) is 0 Å². The van der Waals surface area contributed by atoms with Gasteiger partial charge in [0, 0.05) is 32.3 Å². The van der Waals surface area contributed by atoms with Gasteiger partial charge in [0.1, 0.15) is 0 Å². The van der Waals surface area contributed by atoms with Crippen molar-refractivity contribution in [2.45, 2.75) is 11.8 Å². The van der Waals surface area contributed by atoms with E-state index in [9.17, 15) is 0 Å². The van der Waals surface area contributed by atoms with Crippen molar-refractivity contribution < 1.29 is 0 Å². The van der Waals surface area contributed by atoms with Crippen molar-refractivity contribution in [3.05, 3.63) is 50.9 Å². The second kappa shape index (κ2) is 6.64. The predicted molar refractivity (Wildman–Crippen MR) is 89.2 cm³/mol. The second-order valence-electron chi connectivity index (χ2n) is 4.18. The Balaban J connectivity index is 2.40. The molecule has 0 saturated heterocycles. The molecule has 5 heteroatoms. The molecule has 0 radical (unpaired) electrons. The zero-order valence-corrected chi connectivity index (χ0v) is 15.1. The molecular weight excluding hydrogens is 442 g/mol. The molecule has 0 bridgehead atoms. The van der Waals surface area contributed by atoms with E-state index in [1.807, 2.05) is 11.6 Å². The summed E-state index contributed by atoms with van der Waals surface area (Å²) >= 11 is 12.7. The summed E-state index contributed by atoms with van der Waals surface area (Å²) in [6.07, 6.45) is 0.926. The molecule has 0 aliphatic carbocycles. The summed E-state index contributed by atoms with van der Waals surface area (Å²) in [6.45, 7) is 0. The molecule has 0 N–H and O–H groups in total. The average molecular weight is 454 g/mol. The van der Waals surface area contributed by atoms with E-state index in [1.165, 1.54) is 5.56 Å². The standard InChI is InChI=1S/C13H12Br3NS/c14-7-13(8-15,5-10-6-18-9-17-10)11-3-1-2-4-12(11)16/h1-4,6,9H,5,7-8H2. The summed E-state index contributed by atoms with van der Waals surface area (Å²) < 4.78 is 1.15. The quantitative estimate of drug-likeness (QED) is 0.569. The normalized spacial score (nSPS) is 11.7. The third kappa shape index (κ3) is 3.06. The van der Waals surface area contributed by atoms with E-state index in [0.29, 0.717) is 0 Å². The lowest BCUT2D eigenvalue weighted by molar-refractivity contribution is 0.542. The van der Waals surface area contributed by atoms with E-state index < -0.39 is 0 Å². The van der Waals surface area contributed by atoms with Gasteiger partial charge in [-0.25, -0.2) is 4.98 Å². The van der Waals surface area contributed by atoms with Crippen molar-refractivity contribution in [1.29, 1.82) is 0 Å². The first-order chi connectivity index (χ1) is 8.72. The van der Waals surface area contributed by atoms with Crippen LogP contribution in [0.3, 0.4) is 0 Å². The summed E-state index contributed by atoms with van der Waals surface area (Å²) in [5, 5.41) is 3.91. The highest BCUT2D eigenvalue weighted by atomic mass is 79.9. The van der Waals surface area contributed by atoms with Crippen molar-refractivity contribution in [1.82, 2.24) is 4.98 Å². The smallest absolute Gasteiger partial charge is 0.0794 e. The number of alkyl halides is 2. The number of halogens is 3. The fraction of sp³-hybridized carbons (Fsp3) is 0.308. The largest absolute Gasteiger partial charge is 0.250 e. The predicted octanol–water partition coefficient (Wildman–Crippen LogP) is 5.18. The third-order valence-corrected chi connectivity index (χ3v) is 6.43. The first kappa shape index (κ1) is 14.7. The van der Waals surface area contributed by atoms with Gasteiger partial charge in [0.05, 0.1) is 11.2 Å². The van der Waals surface area contributed by atoms with Crippen LogP contribution in [0.1, 0.15) is 11.3 Å². The van der Waals surface area contributed by atoms with Crippen LogP contribution in [-0.2, 0) is 11.8 Å². The molecule has 1 aromatic carbocycles. The van der Waals surface area contributed by atoms with Gasteiger partial charge in [-0.3, -0.25) is 0 Å². The van der Waals surface area contributed by atoms with Gasteiger partial charge in [-0.05, 0) is 11.6 Å². The zero-order chi connectivity index (χ0) is 13.0. The van der Waals surface area contributed by atoms with Gasteiger partial charge < -0.3 is 0 Å². The Morgan fingerprint density at radius 3 is 2.44 bits per heavy atom. The first-order valence-corrected chi connectivity index (χ1v) is 9.44. The van der Waals surface area contributed by atoms with Gasteiger partial charge in [-0.15, -0.1) is 11.3 Å². The molecular formula is C13H12Br3NS. The summed E-state index contributed by atoms with van der Waals surface area (Å²) in [4.78, 5) is 4.41. The maximum Gasteiger partial charge on any atom is 0.0794 e. The molecule has 2 aromatic rings. The lowest BCUT2D eigenvalue weighted by Crippen LogP contribution is -2.33. The van der Waals surface area contributed by atoms with Crippen LogP contribution in [0.15, 0.2) is 39.6 Å². The topological polar surface area (TPSA) is 12.9 Å². The van der Waals surface area contributed by atoms with E-state index in [4.69, 9.17) is 0 Å². The van der Waals surface area contributed by atoms with Gasteiger partial charge in [0.15, 0.2) is 0 Å². The van der Waals surface area contributed by atoms with E-state index in [1.54, 1.807) is 11.3 Å². The molecule has 0 unspecified atom stereocenters. The molecule has 0 atom stereocenters. The molecule has 1 aromatic heterocycles. The Bertz CT molecular complexity index is 495. The molecule has 0 amide bonds. The van der Waals surface area contributed by atoms with Gasteiger partial charge in [0.2, 0.25) is 0 Å². The zero-order valence-electron chi connectivity index (χ0n) is 9.57. The van der Waals surface area contributed by atoms with Gasteiger partial charge in [-0.2, -0.15) is 0 Å². The van der Waals surface area contributed by atoms with Crippen molar-refractivity contribution in [3.63, 3.8) is 0 Å². The highest BCUT2D eigenvalue weighted by Gasteiger charge is 2.32. The Hall–Kier alpha value is 0.290. The fourth-order valence-corrected chi connectivity index (χ4v) is 5.13. The fourth-order valence-electron chi connectivity index (χ4n) is 1.93. The molecule has 96 valence electrons. The average Bonchev–Trinajstić information content (AvgIpc) is 2.90. The summed E-state index contributed by atoms with van der Waals surface area (Å²) in [5.41, 5.74) is 4.37. The molecule has 2 rings (SSSR count). The van der Waals surface area contributed by atoms with E-state index >= 15 is 0 Å². The number of thiazole rings is 1. The molecule has 0 fully saturated rings. The Kier molecular flexibility index (Phi) is 5.42. The Labute approximate surface area is 136 Å². The van der Waals surface area contributed by atoms with Gasteiger partial charge in [0.25, 0.3) is 0 Å². The van der Waals surface area contributed by atoms with Crippen LogP contribution in [0, 0.1) is 0 Å². The lowest BCUT2D eigenvalue weighted by atomic mass is 9.80. The molecule has 1 nitrogen and oxygen atoms in total. The number of rotatable bonds is 5. The van der Waals surface area contributed by atoms with Crippen LogP contribution in [-0.4, -0.2) is 15.6 Å². The lowest BCUT2D eigenvalue weighted by Gasteiger charge is -2.31. The van der Waals surface area contributed by atoms with Crippen molar-refractivity contribution in [2.24, 2.45) is 0 Å². The second-order valence-corrected chi connectivity index (χ2v) is 6.88. The van der Waals surface area contributed by atoms with Crippen LogP contribution >= 0.6 is 59.1 Å². The van der Waals surface area contributed by atoms with Crippen LogP contribution in [0.2, 0.25) is 0 Å². The molecule has 1 heterocycles. The van der Waals surface area contributed by atoms with Crippen LogP contribution < -0.4 is 0 Å².